The monoisotopic (exact) mass is 445 g/mol. The van der Waals surface area contributed by atoms with Gasteiger partial charge in [-0.05, 0) is 31.8 Å². The number of rotatable bonds is 6. The van der Waals surface area contributed by atoms with E-state index in [1.54, 1.807) is 4.90 Å². The van der Waals surface area contributed by atoms with Gasteiger partial charge in [-0.2, -0.15) is 9.61 Å². The normalized spacial score (nSPS) is 20.1. The molecule has 1 saturated heterocycles. The Bertz CT molecular complexity index is 1170. The molecule has 5 rings (SSSR count). The Morgan fingerprint density at radius 1 is 1.31 bits per heavy atom. The van der Waals surface area contributed by atoms with Crippen LogP contribution in [0.4, 0.5) is 4.39 Å². The summed E-state index contributed by atoms with van der Waals surface area (Å²) in [6.45, 7) is 1.67. The molecular weight excluding hydrogens is 421 g/mol. The van der Waals surface area contributed by atoms with Gasteiger partial charge in [0.05, 0.1) is 26.0 Å². The van der Waals surface area contributed by atoms with Crippen LogP contribution in [0.25, 0.3) is 11.7 Å². The molecule has 0 bridgehead atoms. The Labute approximate surface area is 182 Å². The molecule has 2 aliphatic carbocycles. The van der Waals surface area contributed by atoms with Crippen LogP contribution < -0.4 is 10.9 Å². The molecule has 0 spiro atoms. The summed E-state index contributed by atoms with van der Waals surface area (Å²) in [6.07, 6.45) is 6.46. The fourth-order valence-electron chi connectivity index (χ4n) is 3.79. The third-order valence-corrected chi connectivity index (χ3v) is 6.01. The molecule has 2 aromatic heterocycles. The molecule has 2 saturated carbocycles. The lowest BCUT2D eigenvalue weighted by Crippen LogP contribution is -2.39. The van der Waals surface area contributed by atoms with Crippen LogP contribution in [0.15, 0.2) is 17.1 Å². The van der Waals surface area contributed by atoms with Gasteiger partial charge in [-0.15, -0.1) is 0 Å². The largest absolute Gasteiger partial charge is 0.494 e. The molecule has 2 amide bonds. The number of hydrogen-bond acceptors (Lipinski definition) is 6. The number of carbonyl (C=O) groups is 2. The van der Waals surface area contributed by atoms with E-state index in [1.807, 2.05) is 0 Å². The maximum atomic E-state index is 14.7. The average molecular weight is 445 g/mol. The third-order valence-electron chi connectivity index (χ3n) is 6.01. The topological polar surface area (TPSA) is 118 Å². The van der Waals surface area contributed by atoms with Crippen LogP contribution >= 0.6 is 0 Å². The van der Waals surface area contributed by atoms with Gasteiger partial charge in [0.15, 0.2) is 5.56 Å². The lowest BCUT2D eigenvalue weighted by Gasteiger charge is -2.25. The van der Waals surface area contributed by atoms with E-state index in [-0.39, 0.29) is 24.1 Å². The summed E-state index contributed by atoms with van der Waals surface area (Å²) in [6, 6.07) is -0.0243. The summed E-state index contributed by atoms with van der Waals surface area (Å²) in [4.78, 5) is 39.7. The highest BCUT2D eigenvalue weighted by molar-refractivity contribution is 5.97. The first kappa shape index (κ1) is 20.7. The molecule has 3 aliphatic rings. The Morgan fingerprint density at radius 3 is 2.69 bits per heavy atom. The molecule has 11 heteroatoms. The lowest BCUT2D eigenvalue weighted by molar-refractivity contribution is -0.129. The number of nitrogens with one attached hydrogen (secondary N) is 1. The van der Waals surface area contributed by atoms with Crippen molar-refractivity contribution in [3.05, 3.63) is 33.8 Å². The number of aromatic hydroxyl groups is 1. The summed E-state index contributed by atoms with van der Waals surface area (Å²) in [5, 5.41) is 17.6. The van der Waals surface area contributed by atoms with Gasteiger partial charge in [-0.25, -0.2) is 4.39 Å². The molecule has 0 atom stereocenters. The van der Waals surface area contributed by atoms with Crippen LogP contribution in [0.5, 0.6) is 5.88 Å². The van der Waals surface area contributed by atoms with Gasteiger partial charge < -0.3 is 20.1 Å². The van der Waals surface area contributed by atoms with Crippen LogP contribution in [0.3, 0.4) is 0 Å². The van der Waals surface area contributed by atoms with Crippen molar-refractivity contribution in [2.45, 2.75) is 43.9 Å². The molecule has 0 aromatic carbocycles. The Morgan fingerprint density at radius 2 is 2.03 bits per heavy atom. The van der Waals surface area contributed by atoms with Gasteiger partial charge in [0.1, 0.15) is 11.3 Å². The van der Waals surface area contributed by atoms with Gasteiger partial charge in [-0.3, -0.25) is 19.0 Å². The quantitative estimate of drug-likeness (QED) is 0.624. The standard InChI is InChI=1S/C21H24FN5O5/c22-21(5-6-21)12-26-18-13(1-4-15(28)25-7-9-32-10-8-25)11-23-27(18)20(31)16(19(26)30)17(29)24-14-2-3-14/h1,4,11,14,30H,2-3,5-10,12H2,(H,24,29)/b4-1+. The zero-order valence-corrected chi connectivity index (χ0v) is 17.4. The first-order valence-electron chi connectivity index (χ1n) is 10.7. The fourth-order valence-corrected chi connectivity index (χ4v) is 3.79. The SMILES string of the molecule is O=C(NC1CC1)c1c(O)n(CC2(F)CC2)c2c(/C=C/C(=O)N3CCOCC3)cnn2c1=O. The number of morpholine rings is 1. The van der Waals surface area contributed by atoms with Crippen molar-refractivity contribution in [2.24, 2.45) is 0 Å². The molecule has 0 radical (unpaired) electrons. The minimum absolute atomic E-state index is 0.0243. The summed E-state index contributed by atoms with van der Waals surface area (Å²) < 4.78 is 22.1. The maximum absolute atomic E-state index is 14.7. The van der Waals surface area contributed by atoms with Crippen molar-refractivity contribution < 1.29 is 23.8 Å². The number of alkyl halides is 1. The molecule has 2 aromatic rings. The highest BCUT2D eigenvalue weighted by atomic mass is 19.1. The molecule has 3 heterocycles. The third kappa shape index (κ3) is 3.88. The number of amides is 2. The fraction of sp³-hybridized carbons (Fsp3) is 0.524. The van der Waals surface area contributed by atoms with Crippen molar-refractivity contribution in [2.75, 3.05) is 26.3 Å². The predicted octanol–water partition coefficient (Wildman–Crippen LogP) is 0.468. The minimum atomic E-state index is -1.52. The highest BCUT2D eigenvalue weighted by Crippen LogP contribution is 2.42. The highest BCUT2D eigenvalue weighted by Gasteiger charge is 2.45. The van der Waals surface area contributed by atoms with Gasteiger partial charge in [0.2, 0.25) is 11.8 Å². The summed E-state index contributed by atoms with van der Waals surface area (Å²) in [5.74, 6) is -1.53. The Kier molecular flexibility index (Phi) is 5.00. The van der Waals surface area contributed by atoms with E-state index >= 15 is 0 Å². The van der Waals surface area contributed by atoms with E-state index in [0.29, 0.717) is 44.7 Å². The smallest absolute Gasteiger partial charge is 0.291 e. The number of ether oxygens (including phenoxy) is 1. The van der Waals surface area contributed by atoms with Gasteiger partial charge in [-0.1, -0.05) is 0 Å². The minimum Gasteiger partial charge on any atom is -0.494 e. The maximum Gasteiger partial charge on any atom is 0.291 e. The van der Waals surface area contributed by atoms with Crippen molar-refractivity contribution in [1.82, 2.24) is 24.4 Å². The number of halogens is 1. The number of carbonyl (C=O) groups excluding carboxylic acids is 2. The van der Waals surface area contributed by atoms with Crippen LogP contribution in [0.1, 0.15) is 41.6 Å². The first-order valence-corrected chi connectivity index (χ1v) is 10.7. The molecule has 0 unspecified atom stereocenters. The van der Waals surface area contributed by atoms with E-state index < -0.39 is 28.6 Å². The van der Waals surface area contributed by atoms with Gasteiger partial charge in [0, 0.05) is 30.8 Å². The number of nitrogens with zero attached hydrogens (tertiary/aromatic N) is 4. The lowest BCUT2D eigenvalue weighted by atomic mass is 10.2. The molecular formula is C21H24FN5O5. The van der Waals surface area contributed by atoms with E-state index in [1.165, 1.54) is 22.9 Å². The Hall–Kier alpha value is -3.21. The second-order valence-corrected chi connectivity index (χ2v) is 8.59. The van der Waals surface area contributed by atoms with Crippen molar-refractivity contribution in [3.63, 3.8) is 0 Å². The number of fused-ring (bicyclic) bond motifs is 1. The van der Waals surface area contributed by atoms with Gasteiger partial charge in [0.25, 0.3) is 11.5 Å². The first-order chi connectivity index (χ1) is 15.4. The van der Waals surface area contributed by atoms with E-state index in [9.17, 15) is 23.9 Å². The van der Waals surface area contributed by atoms with Gasteiger partial charge >= 0.3 is 0 Å². The molecule has 3 fully saturated rings. The van der Waals surface area contributed by atoms with Crippen LogP contribution in [0, 0.1) is 0 Å². The van der Waals surface area contributed by atoms with E-state index in [4.69, 9.17) is 4.74 Å². The second-order valence-electron chi connectivity index (χ2n) is 8.59. The van der Waals surface area contributed by atoms with Crippen molar-refractivity contribution in [1.29, 1.82) is 0 Å². The molecule has 170 valence electrons. The molecule has 32 heavy (non-hydrogen) atoms. The zero-order chi connectivity index (χ0) is 22.5. The van der Waals surface area contributed by atoms with Crippen molar-refractivity contribution in [3.8, 4) is 5.88 Å². The van der Waals surface area contributed by atoms with E-state index in [2.05, 4.69) is 10.4 Å². The van der Waals surface area contributed by atoms with Crippen molar-refractivity contribution >= 4 is 23.5 Å². The molecule has 2 N–H and O–H groups in total. The average Bonchev–Trinajstić information content (AvgIpc) is 3.69. The molecule has 1 aliphatic heterocycles. The van der Waals surface area contributed by atoms with Crippen LogP contribution in [-0.4, -0.2) is 74.0 Å². The summed E-state index contributed by atoms with van der Waals surface area (Å²) in [7, 11) is 0. The zero-order valence-electron chi connectivity index (χ0n) is 17.4. The van der Waals surface area contributed by atoms with Crippen LogP contribution in [0.2, 0.25) is 0 Å². The second kappa shape index (κ2) is 7.73. The molecule has 10 nitrogen and oxygen atoms in total. The van der Waals surface area contributed by atoms with E-state index in [0.717, 1.165) is 17.4 Å². The Balaban J connectivity index is 1.56. The summed E-state index contributed by atoms with van der Waals surface area (Å²) in [5.41, 5.74) is -2.29. The predicted molar refractivity (Wildman–Crippen MR) is 111 cm³/mol. The summed E-state index contributed by atoms with van der Waals surface area (Å²) >= 11 is 0. The van der Waals surface area contributed by atoms with Crippen LogP contribution in [-0.2, 0) is 16.1 Å². The number of hydrogen-bond donors (Lipinski definition) is 2. The number of aromatic nitrogens is 3.